The highest BCUT2D eigenvalue weighted by Crippen LogP contribution is 2.44. The molecule has 0 aromatic carbocycles. The first-order valence-corrected chi connectivity index (χ1v) is 14.8. The van der Waals surface area contributed by atoms with E-state index < -0.39 is 5.92 Å². The van der Waals surface area contributed by atoms with E-state index in [2.05, 4.69) is 54.8 Å². The molecule has 1 aromatic rings. The first-order valence-electron chi connectivity index (χ1n) is 14.8. The van der Waals surface area contributed by atoms with Crippen molar-refractivity contribution in [2.45, 2.75) is 85.2 Å². The number of amides is 2. The number of nitrogens with zero attached hydrogens (tertiary/aromatic N) is 5. The molecule has 2 saturated heterocycles. The van der Waals surface area contributed by atoms with Gasteiger partial charge in [-0.3, -0.25) is 9.59 Å². The van der Waals surface area contributed by atoms with Crippen LogP contribution in [0, 0.1) is 11.3 Å². The molecule has 40 heavy (non-hydrogen) atoms. The Hall–Kier alpha value is -2.56. The number of piperidine rings is 1. The maximum Gasteiger partial charge on any atom is 0.290 e. The first-order chi connectivity index (χ1) is 18.8. The van der Waals surface area contributed by atoms with E-state index in [1.165, 1.54) is 0 Å². The van der Waals surface area contributed by atoms with Crippen molar-refractivity contribution in [2.75, 3.05) is 62.6 Å². The first kappa shape index (κ1) is 30.4. The molecule has 3 heterocycles. The van der Waals surface area contributed by atoms with Gasteiger partial charge in [0.2, 0.25) is 17.8 Å². The van der Waals surface area contributed by atoms with Crippen LogP contribution >= 0.6 is 0 Å². The van der Waals surface area contributed by atoms with Crippen molar-refractivity contribution >= 4 is 23.6 Å². The minimum absolute atomic E-state index is 0.0135. The molecule has 1 aliphatic carbocycles. The number of halogens is 2. The van der Waals surface area contributed by atoms with Gasteiger partial charge in [-0.05, 0) is 37.0 Å². The van der Waals surface area contributed by atoms with Gasteiger partial charge in [-0.1, -0.05) is 34.6 Å². The molecule has 0 unspecified atom stereocenters. The van der Waals surface area contributed by atoms with Crippen LogP contribution in [0.15, 0.2) is 0 Å². The van der Waals surface area contributed by atoms with Crippen LogP contribution in [0.1, 0.15) is 78.0 Å². The van der Waals surface area contributed by atoms with Crippen molar-refractivity contribution in [1.82, 2.24) is 19.8 Å². The number of hydrogen-bond donors (Lipinski definition) is 1. The molecule has 1 aromatic heterocycles. The van der Waals surface area contributed by atoms with E-state index in [0.29, 0.717) is 82.4 Å². The normalized spacial score (nSPS) is 19.8. The Morgan fingerprint density at radius 2 is 1.65 bits per heavy atom. The lowest BCUT2D eigenvalue weighted by atomic mass is 9.91. The lowest BCUT2D eigenvalue weighted by Crippen LogP contribution is -2.52. The van der Waals surface area contributed by atoms with Crippen LogP contribution in [-0.4, -0.2) is 90.1 Å². The van der Waals surface area contributed by atoms with Crippen LogP contribution in [0.4, 0.5) is 20.5 Å². The number of ether oxygens (including phenoxy) is 1. The van der Waals surface area contributed by atoms with E-state index in [0.717, 1.165) is 6.42 Å². The van der Waals surface area contributed by atoms with E-state index in [1.54, 1.807) is 4.90 Å². The van der Waals surface area contributed by atoms with Crippen LogP contribution in [0.3, 0.4) is 0 Å². The van der Waals surface area contributed by atoms with Gasteiger partial charge >= 0.3 is 0 Å². The van der Waals surface area contributed by atoms with Gasteiger partial charge in [0.1, 0.15) is 18.1 Å². The quantitative estimate of drug-likeness (QED) is 0.484. The highest BCUT2D eigenvalue weighted by molar-refractivity contribution is 5.79. The monoisotopic (exact) mass is 564 g/mol. The number of hydrogen-bond acceptors (Lipinski definition) is 7. The fourth-order valence-electron chi connectivity index (χ4n) is 5.50. The second-order valence-electron chi connectivity index (χ2n) is 13.0. The predicted octanol–water partition coefficient (Wildman–Crippen LogP) is 4.07. The largest absolute Gasteiger partial charge is 0.368 e. The van der Waals surface area contributed by atoms with Crippen molar-refractivity contribution in [3.05, 3.63) is 11.3 Å². The number of carbonyl (C=O) groups excluding carboxylic acids is 2. The number of alkyl halides is 2. The molecule has 0 radical (unpaired) electrons. The second-order valence-corrected chi connectivity index (χ2v) is 13.0. The van der Waals surface area contributed by atoms with E-state index in [9.17, 15) is 18.4 Å². The van der Waals surface area contributed by atoms with Crippen LogP contribution in [0.5, 0.6) is 0 Å². The molecule has 4 rings (SSSR count). The number of anilines is 2. The molecule has 0 atom stereocenters. The molecule has 1 N–H and O–H groups in total. The number of aromatic nitrogens is 2. The molecule has 0 spiro atoms. The summed E-state index contributed by atoms with van der Waals surface area (Å²) in [6.07, 6.45) is 2.73. The number of nitrogens with one attached hydrogen (secondary N) is 1. The average Bonchev–Trinajstić information content (AvgIpc) is 3.20. The van der Waals surface area contributed by atoms with Gasteiger partial charge in [0.05, 0.1) is 6.10 Å². The number of rotatable bonds is 9. The van der Waals surface area contributed by atoms with Crippen LogP contribution in [0.2, 0.25) is 0 Å². The Morgan fingerprint density at radius 3 is 2.25 bits per heavy atom. The standard InChI is InChI=1S/C29H46F2N6O3/c1-20(2)7-11-32-27-33-25-22(6-10-29(25,30)31)26(34-27)37-12-8-21(9-13-37)40-19-24(39)36-16-14-35(15-17-36)23(38)18-28(3,4)5/h20-21H,6-19H2,1-5H3,(H,32,33,34). The summed E-state index contributed by atoms with van der Waals surface area (Å²) in [5.41, 5.74) is 0.349. The molecule has 9 nitrogen and oxygen atoms in total. The molecule has 224 valence electrons. The predicted molar refractivity (Wildman–Crippen MR) is 151 cm³/mol. The summed E-state index contributed by atoms with van der Waals surface area (Å²) in [4.78, 5) is 39.8. The number of fused-ring (bicyclic) bond motifs is 1. The minimum atomic E-state index is -2.94. The highest BCUT2D eigenvalue weighted by Gasteiger charge is 2.44. The summed E-state index contributed by atoms with van der Waals surface area (Å²) >= 11 is 0. The Morgan fingerprint density at radius 1 is 1.02 bits per heavy atom. The van der Waals surface area contributed by atoms with Crippen molar-refractivity contribution in [3.8, 4) is 0 Å². The molecule has 2 fully saturated rings. The zero-order valence-electron chi connectivity index (χ0n) is 24.8. The van der Waals surface area contributed by atoms with Gasteiger partial charge in [0.15, 0.2) is 0 Å². The maximum atomic E-state index is 14.6. The van der Waals surface area contributed by atoms with Gasteiger partial charge < -0.3 is 24.8 Å². The van der Waals surface area contributed by atoms with Gasteiger partial charge in [0, 0.05) is 64.2 Å². The Labute approximate surface area is 237 Å². The van der Waals surface area contributed by atoms with Crippen molar-refractivity contribution < 1.29 is 23.1 Å². The smallest absolute Gasteiger partial charge is 0.290 e. The summed E-state index contributed by atoms with van der Waals surface area (Å²) in [6, 6.07) is 0. The van der Waals surface area contributed by atoms with Gasteiger partial charge in [-0.2, -0.15) is 13.8 Å². The molecular formula is C29H46F2N6O3. The van der Waals surface area contributed by atoms with Crippen LogP contribution < -0.4 is 10.2 Å². The third-order valence-electron chi connectivity index (χ3n) is 7.88. The summed E-state index contributed by atoms with van der Waals surface area (Å²) in [5.74, 6) is -1.50. The molecule has 2 amide bonds. The average molecular weight is 565 g/mol. The van der Waals surface area contributed by atoms with Crippen molar-refractivity contribution in [2.24, 2.45) is 11.3 Å². The summed E-state index contributed by atoms with van der Waals surface area (Å²) in [6.45, 7) is 14.4. The van der Waals surface area contributed by atoms with E-state index in [4.69, 9.17) is 4.74 Å². The Kier molecular flexibility index (Phi) is 9.52. The number of piperazine rings is 1. The van der Waals surface area contributed by atoms with Crippen molar-refractivity contribution in [3.63, 3.8) is 0 Å². The minimum Gasteiger partial charge on any atom is -0.368 e. The Bertz CT molecular complexity index is 1040. The van der Waals surface area contributed by atoms with Crippen LogP contribution in [0.25, 0.3) is 0 Å². The summed E-state index contributed by atoms with van der Waals surface area (Å²) < 4.78 is 35.2. The summed E-state index contributed by atoms with van der Waals surface area (Å²) in [7, 11) is 0. The molecule has 3 aliphatic rings. The van der Waals surface area contributed by atoms with Crippen molar-refractivity contribution in [1.29, 1.82) is 0 Å². The topological polar surface area (TPSA) is 90.9 Å². The molecule has 11 heteroatoms. The zero-order valence-corrected chi connectivity index (χ0v) is 24.8. The fourth-order valence-corrected chi connectivity index (χ4v) is 5.50. The SMILES string of the molecule is CC(C)CCNc1nc(N2CCC(OCC(=O)N3CCN(C(=O)CC(C)(C)C)CC3)CC2)c2c(n1)C(F)(F)CC2. The number of carbonyl (C=O) groups is 2. The van der Waals surface area contributed by atoms with E-state index >= 15 is 0 Å². The third kappa shape index (κ3) is 7.79. The lowest BCUT2D eigenvalue weighted by molar-refractivity contribution is -0.144. The van der Waals surface area contributed by atoms with E-state index in [1.807, 2.05) is 4.90 Å². The van der Waals surface area contributed by atoms with Crippen LogP contribution in [-0.2, 0) is 26.7 Å². The van der Waals surface area contributed by atoms with E-state index in [-0.39, 0.29) is 54.4 Å². The maximum absolute atomic E-state index is 14.6. The molecular weight excluding hydrogens is 518 g/mol. The van der Waals surface area contributed by atoms with Gasteiger partial charge in [-0.15, -0.1) is 0 Å². The fraction of sp³-hybridized carbons (Fsp3) is 0.793. The van der Waals surface area contributed by atoms with Gasteiger partial charge in [0.25, 0.3) is 5.92 Å². The third-order valence-corrected chi connectivity index (χ3v) is 7.88. The Balaban J connectivity index is 1.27. The molecule has 2 aliphatic heterocycles. The second kappa shape index (κ2) is 12.5. The lowest BCUT2D eigenvalue weighted by Gasteiger charge is -2.37. The molecule has 0 saturated carbocycles. The zero-order chi connectivity index (χ0) is 29.1. The van der Waals surface area contributed by atoms with Gasteiger partial charge in [-0.25, -0.2) is 4.98 Å². The summed E-state index contributed by atoms with van der Waals surface area (Å²) in [5, 5.41) is 3.14. The molecule has 0 bridgehead atoms. The highest BCUT2D eigenvalue weighted by atomic mass is 19.3.